The SMILES string of the molecule is CC(c1ccc(Br)cc1Cl)N(CC(=O)O)C1CCCC1. The van der Waals surface area contributed by atoms with E-state index in [1.807, 2.05) is 25.1 Å². The zero-order valence-corrected chi connectivity index (χ0v) is 13.8. The van der Waals surface area contributed by atoms with Gasteiger partial charge in [0.05, 0.1) is 6.54 Å². The number of carbonyl (C=O) groups is 1. The van der Waals surface area contributed by atoms with E-state index in [-0.39, 0.29) is 12.6 Å². The Morgan fingerprint density at radius 1 is 1.50 bits per heavy atom. The predicted molar refractivity (Wildman–Crippen MR) is 84.2 cm³/mol. The monoisotopic (exact) mass is 359 g/mol. The molecule has 0 radical (unpaired) electrons. The van der Waals surface area contributed by atoms with E-state index in [2.05, 4.69) is 20.8 Å². The number of hydrogen-bond acceptors (Lipinski definition) is 2. The molecule has 1 N–H and O–H groups in total. The summed E-state index contributed by atoms with van der Waals surface area (Å²) in [6.45, 7) is 2.11. The van der Waals surface area contributed by atoms with Crippen LogP contribution in [0.3, 0.4) is 0 Å². The van der Waals surface area contributed by atoms with E-state index >= 15 is 0 Å². The van der Waals surface area contributed by atoms with E-state index in [4.69, 9.17) is 11.6 Å². The fourth-order valence-electron chi connectivity index (χ4n) is 2.99. The van der Waals surface area contributed by atoms with Crippen LogP contribution in [0, 0.1) is 0 Å². The third-order valence-corrected chi connectivity index (χ3v) is 4.84. The third kappa shape index (κ3) is 3.74. The van der Waals surface area contributed by atoms with Gasteiger partial charge in [-0.1, -0.05) is 46.4 Å². The van der Waals surface area contributed by atoms with E-state index in [1.165, 1.54) is 12.8 Å². The first-order chi connectivity index (χ1) is 9.49. The molecule has 1 fully saturated rings. The average Bonchev–Trinajstić information content (AvgIpc) is 2.88. The number of carboxylic acid groups (broad SMARTS) is 1. The summed E-state index contributed by atoms with van der Waals surface area (Å²) < 4.78 is 0.934. The van der Waals surface area contributed by atoms with Crippen molar-refractivity contribution in [2.75, 3.05) is 6.54 Å². The van der Waals surface area contributed by atoms with E-state index in [0.717, 1.165) is 22.9 Å². The van der Waals surface area contributed by atoms with Crippen molar-refractivity contribution in [2.24, 2.45) is 0 Å². The van der Waals surface area contributed by atoms with Gasteiger partial charge in [0.1, 0.15) is 0 Å². The largest absolute Gasteiger partial charge is 0.480 e. The Labute approximate surface area is 133 Å². The summed E-state index contributed by atoms with van der Waals surface area (Å²) in [6, 6.07) is 6.14. The van der Waals surface area contributed by atoms with Crippen LogP contribution < -0.4 is 0 Å². The van der Waals surface area contributed by atoms with Crippen LogP contribution in [-0.2, 0) is 4.79 Å². The van der Waals surface area contributed by atoms with Gasteiger partial charge in [0.25, 0.3) is 0 Å². The summed E-state index contributed by atoms with van der Waals surface area (Å²) in [4.78, 5) is 13.2. The number of carboxylic acids is 1. The molecule has 1 aliphatic carbocycles. The first-order valence-corrected chi connectivity index (χ1v) is 8.08. The molecule has 0 spiro atoms. The second kappa shape index (κ2) is 6.92. The maximum atomic E-state index is 11.2. The molecule has 1 aromatic rings. The molecule has 0 amide bonds. The molecule has 0 bridgehead atoms. The molecule has 1 atom stereocenters. The van der Waals surface area contributed by atoms with Gasteiger partial charge in [-0.3, -0.25) is 9.69 Å². The molecule has 5 heteroatoms. The molecule has 110 valence electrons. The summed E-state index contributed by atoms with van der Waals surface area (Å²) in [6.07, 6.45) is 4.51. The van der Waals surface area contributed by atoms with Crippen molar-refractivity contribution in [3.8, 4) is 0 Å². The summed E-state index contributed by atoms with van der Waals surface area (Å²) in [5.41, 5.74) is 0.989. The fourth-order valence-corrected chi connectivity index (χ4v) is 3.82. The molecular formula is C15H19BrClNO2. The maximum absolute atomic E-state index is 11.2. The van der Waals surface area contributed by atoms with Gasteiger partial charge in [-0.05, 0) is 37.5 Å². The molecular weight excluding hydrogens is 342 g/mol. The van der Waals surface area contributed by atoms with E-state index in [1.54, 1.807) is 0 Å². The van der Waals surface area contributed by atoms with Crippen LogP contribution in [0.25, 0.3) is 0 Å². The van der Waals surface area contributed by atoms with Crippen molar-refractivity contribution >= 4 is 33.5 Å². The molecule has 0 heterocycles. The molecule has 1 aromatic carbocycles. The molecule has 3 nitrogen and oxygen atoms in total. The highest BCUT2D eigenvalue weighted by atomic mass is 79.9. The minimum absolute atomic E-state index is 0.00907. The summed E-state index contributed by atoms with van der Waals surface area (Å²) in [7, 11) is 0. The minimum Gasteiger partial charge on any atom is -0.480 e. The predicted octanol–water partition coefficient (Wildman–Crippen LogP) is 4.49. The van der Waals surface area contributed by atoms with Crippen LogP contribution in [0.5, 0.6) is 0 Å². The van der Waals surface area contributed by atoms with Crippen LogP contribution in [0.2, 0.25) is 5.02 Å². The number of aliphatic carboxylic acids is 1. The van der Waals surface area contributed by atoms with E-state index in [0.29, 0.717) is 11.1 Å². The molecule has 20 heavy (non-hydrogen) atoms. The molecule has 2 rings (SSSR count). The minimum atomic E-state index is -0.781. The van der Waals surface area contributed by atoms with Gasteiger partial charge in [-0.15, -0.1) is 0 Å². The van der Waals surface area contributed by atoms with Crippen molar-refractivity contribution in [3.63, 3.8) is 0 Å². The Bertz CT molecular complexity index is 489. The van der Waals surface area contributed by atoms with Gasteiger partial charge < -0.3 is 5.11 Å². The van der Waals surface area contributed by atoms with Crippen molar-refractivity contribution in [1.29, 1.82) is 0 Å². The highest BCUT2D eigenvalue weighted by Crippen LogP contribution is 2.34. The summed E-state index contributed by atoms with van der Waals surface area (Å²) in [5.74, 6) is -0.781. The van der Waals surface area contributed by atoms with Crippen LogP contribution in [0.1, 0.15) is 44.2 Å². The van der Waals surface area contributed by atoms with E-state index in [9.17, 15) is 9.90 Å². The standard InChI is InChI=1S/C15H19BrClNO2/c1-10(13-7-6-11(16)8-14(13)17)18(9-15(19)20)12-4-2-3-5-12/h6-8,10,12H,2-5,9H2,1H3,(H,19,20). The Hall–Kier alpha value is -0.580. The van der Waals surface area contributed by atoms with Crippen molar-refractivity contribution in [3.05, 3.63) is 33.3 Å². The van der Waals surface area contributed by atoms with Gasteiger partial charge in [-0.2, -0.15) is 0 Å². The van der Waals surface area contributed by atoms with Crippen LogP contribution in [0.15, 0.2) is 22.7 Å². The van der Waals surface area contributed by atoms with Gasteiger partial charge in [0.2, 0.25) is 0 Å². The quantitative estimate of drug-likeness (QED) is 0.841. The molecule has 1 saturated carbocycles. The third-order valence-electron chi connectivity index (χ3n) is 4.02. The van der Waals surface area contributed by atoms with Crippen LogP contribution in [0.4, 0.5) is 0 Å². The number of halogens is 2. The summed E-state index contributed by atoms with van der Waals surface area (Å²) in [5, 5.41) is 9.85. The van der Waals surface area contributed by atoms with Gasteiger partial charge >= 0.3 is 5.97 Å². The van der Waals surface area contributed by atoms with Crippen molar-refractivity contribution < 1.29 is 9.90 Å². The normalized spacial score (nSPS) is 17.6. The topological polar surface area (TPSA) is 40.5 Å². The lowest BCUT2D eigenvalue weighted by Crippen LogP contribution is -2.39. The van der Waals surface area contributed by atoms with Crippen molar-refractivity contribution in [2.45, 2.75) is 44.7 Å². The highest BCUT2D eigenvalue weighted by Gasteiger charge is 2.29. The Balaban J connectivity index is 2.24. The summed E-state index contributed by atoms with van der Waals surface area (Å²) >= 11 is 9.70. The second-order valence-corrected chi connectivity index (χ2v) is 6.67. The number of nitrogens with zero attached hydrogens (tertiary/aromatic N) is 1. The van der Waals surface area contributed by atoms with Gasteiger partial charge in [0.15, 0.2) is 0 Å². The lowest BCUT2D eigenvalue weighted by atomic mass is 10.0. The van der Waals surface area contributed by atoms with Gasteiger partial charge in [-0.25, -0.2) is 0 Å². The fraction of sp³-hybridized carbons (Fsp3) is 0.533. The zero-order chi connectivity index (χ0) is 14.7. The number of benzene rings is 1. The Morgan fingerprint density at radius 2 is 2.15 bits per heavy atom. The molecule has 0 aliphatic heterocycles. The molecule has 1 aliphatic rings. The highest BCUT2D eigenvalue weighted by molar-refractivity contribution is 9.10. The average molecular weight is 361 g/mol. The second-order valence-electron chi connectivity index (χ2n) is 5.35. The number of hydrogen-bond donors (Lipinski definition) is 1. The first kappa shape index (κ1) is 15.8. The smallest absolute Gasteiger partial charge is 0.317 e. The molecule has 0 saturated heterocycles. The van der Waals surface area contributed by atoms with Crippen LogP contribution >= 0.6 is 27.5 Å². The van der Waals surface area contributed by atoms with Crippen molar-refractivity contribution in [1.82, 2.24) is 4.90 Å². The van der Waals surface area contributed by atoms with E-state index < -0.39 is 5.97 Å². The lowest BCUT2D eigenvalue weighted by Gasteiger charge is -2.33. The Kier molecular flexibility index (Phi) is 5.47. The first-order valence-electron chi connectivity index (χ1n) is 6.91. The number of rotatable bonds is 5. The molecule has 1 unspecified atom stereocenters. The Morgan fingerprint density at radius 3 is 2.70 bits per heavy atom. The lowest BCUT2D eigenvalue weighted by molar-refractivity contribution is -0.139. The van der Waals surface area contributed by atoms with Gasteiger partial charge in [0, 0.05) is 21.6 Å². The zero-order valence-electron chi connectivity index (χ0n) is 11.5. The van der Waals surface area contributed by atoms with Crippen LogP contribution in [-0.4, -0.2) is 28.6 Å². The molecule has 0 aromatic heterocycles. The maximum Gasteiger partial charge on any atom is 0.317 e.